The standard InChI is InChI=1S/C15H20N2O4/c18-10-9-16-5-7-17(8-6-16)14(19)11-12-3-1-2-4-13(12)15(20)21/h1-4,18H,5-11H2,(H,20,21). The topological polar surface area (TPSA) is 81.1 Å². The molecule has 2 rings (SSSR count). The van der Waals surface area contributed by atoms with E-state index in [2.05, 4.69) is 4.90 Å². The van der Waals surface area contributed by atoms with E-state index >= 15 is 0 Å². The summed E-state index contributed by atoms with van der Waals surface area (Å²) in [6, 6.07) is 6.60. The van der Waals surface area contributed by atoms with E-state index in [0.717, 1.165) is 13.1 Å². The number of hydrogen-bond donors (Lipinski definition) is 2. The molecule has 0 aromatic heterocycles. The number of carbonyl (C=O) groups is 2. The van der Waals surface area contributed by atoms with Crippen molar-refractivity contribution in [3.63, 3.8) is 0 Å². The average molecular weight is 292 g/mol. The van der Waals surface area contributed by atoms with Crippen LogP contribution in [0.5, 0.6) is 0 Å². The maximum absolute atomic E-state index is 12.3. The molecule has 0 bridgehead atoms. The molecule has 1 aromatic carbocycles. The quantitative estimate of drug-likeness (QED) is 0.802. The number of carboxylic acid groups (broad SMARTS) is 1. The van der Waals surface area contributed by atoms with Crippen molar-refractivity contribution in [1.29, 1.82) is 0 Å². The maximum Gasteiger partial charge on any atom is 0.335 e. The molecule has 0 spiro atoms. The molecule has 2 N–H and O–H groups in total. The van der Waals surface area contributed by atoms with E-state index in [1.165, 1.54) is 6.07 Å². The van der Waals surface area contributed by atoms with E-state index in [1.54, 1.807) is 23.1 Å². The van der Waals surface area contributed by atoms with E-state index in [0.29, 0.717) is 25.2 Å². The maximum atomic E-state index is 12.3. The molecule has 1 amide bonds. The van der Waals surface area contributed by atoms with E-state index in [4.69, 9.17) is 10.2 Å². The van der Waals surface area contributed by atoms with Crippen LogP contribution < -0.4 is 0 Å². The molecule has 0 radical (unpaired) electrons. The average Bonchev–Trinajstić information content (AvgIpc) is 2.48. The van der Waals surface area contributed by atoms with Gasteiger partial charge in [0.25, 0.3) is 0 Å². The molecular formula is C15H20N2O4. The molecule has 1 fully saturated rings. The van der Waals surface area contributed by atoms with Gasteiger partial charge < -0.3 is 15.1 Å². The van der Waals surface area contributed by atoms with E-state index in [1.807, 2.05) is 0 Å². The van der Waals surface area contributed by atoms with Gasteiger partial charge in [0, 0.05) is 32.7 Å². The number of carbonyl (C=O) groups excluding carboxylic acids is 1. The second-order valence-corrected chi connectivity index (χ2v) is 5.09. The predicted molar refractivity (Wildman–Crippen MR) is 77.2 cm³/mol. The second kappa shape index (κ2) is 7.19. The molecule has 6 nitrogen and oxygen atoms in total. The molecule has 0 unspecified atom stereocenters. The minimum atomic E-state index is -1.01. The Morgan fingerprint density at radius 3 is 2.38 bits per heavy atom. The summed E-state index contributed by atoms with van der Waals surface area (Å²) in [5, 5.41) is 18.0. The lowest BCUT2D eigenvalue weighted by Crippen LogP contribution is -2.49. The molecule has 21 heavy (non-hydrogen) atoms. The van der Waals surface area contributed by atoms with Crippen molar-refractivity contribution in [3.05, 3.63) is 35.4 Å². The number of aromatic carboxylic acids is 1. The number of hydrogen-bond acceptors (Lipinski definition) is 4. The van der Waals surface area contributed by atoms with Crippen LogP contribution in [0.4, 0.5) is 0 Å². The molecule has 0 aliphatic carbocycles. The Morgan fingerprint density at radius 2 is 1.76 bits per heavy atom. The summed E-state index contributed by atoms with van der Waals surface area (Å²) in [4.78, 5) is 27.3. The SMILES string of the molecule is O=C(O)c1ccccc1CC(=O)N1CCN(CCO)CC1. The van der Waals surface area contributed by atoms with Crippen molar-refractivity contribution in [3.8, 4) is 0 Å². The van der Waals surface area contributed by atoms with Gasteiger partial charge >= 0.3 is 5.97 Å². The van der Waals surface area contributed by atoms with Crippen molar-refractivity contribution in [2.75, 3.05) is 39.3 Å². The van der Waals surface area contributed by atoms with Gasteiger partial charge in [0.15, 0.2) is 0 Å². The zero-order chi connectivity index (χ0) is 15.2. The highest BCUT2D eigenvalue weighted by Gasteiger charge is 2.22. The first-order valence-corrected chi connectivity index (χ1v) is 7.04. The summed E-state index contributed by atoms with van der Waals surface area (Å²) in [6.07, 6.45) is 0.114. The normalized spacial score (nSPS) is 16.0. The minimum Gasteiger partial charge on any atom is -0.478 e. The van der Waals surface area contributed by atoms with Crippen LogP contribution in [0.3, 0.4) is 0 Å². The van der Waals surface area contributed by atoms with Crippen molar-refractivity contribution >= 4 is 11.9 Å². The van der Waals surface area contributed by atoms with Gasteiger partial charge in [-0.15, -0.1) is 0 Å². The third-order valence-corrected chi connectivity index (χ3v) is 3.73. The molecule has 1 heterocycles. The lowest BCUT2D eigenvalue weighted by Gasteiger charge is -2.34. The number of rotatable bonds is 5. The number of carboxylic acids is 1. The molecule has 1 saturated heterocycles. The molecule has 1 aromatic rings. The summed E-state index contributed by atoms with van der Waals surface area (Å²) in [5.41, 5.74) is 0.734. The Hall–Kier alpha value is -1.92. The lowest BCUT2D eigenvalue weighted by molar-refractivity contribution is -0.132. The Balaban J connectivity index is 1.95. The van der Waals surface area contributed by atoms with Crippen LogP contribution in [0, 0.1) is 0 Å². The highest BCUT2D eigenvalue weighted by Crippen LogP contribution is 2.12. The van der Waals surface area contributed by atoms with Gasteiger partial charge in [-0.05, 0) is 11.6 Å². The summed E-state index contributed by atoms with van der Waals surface area (Å²) in [6.45, 7) is 3.48. The Kier molecular flexibility index (Phi) is 5.30. The minimum absolute atomic E-state index is 0.0488. The number of aliphatic hydroxyl groups is 1. The smallest absolute Gasteiger partial charge is 0.335 e. The summed E-state index contributed by atoms with van der Waals surface area (Å²) in [7, 11) is 0. The van der Waals surface area contributed by atoms with Crippen LogP contribution in [0.2, 0.25) is 0 Å². The monoisotopic (exact) mass is 292 g/mol. The fraction of sp³-hybridized carbons (Fsp3) is 0.467. The van der Waals surface area contributed by atoms with Crippen LogP contribution in [0.1, 0.15) is 15.9 Å². The summed E-state index contributed by atoms with van der Waals surface area (Å²) in [5.74, 6) is -1.06. The molecule has 1 aliphatic rings. The van der Waals surface area contributed by atoms with Crippen LogP contribution >= 0.6 is 0 Å². The van der Waals surface area contributed by atoms with Gasteiger partial charge in [0.05, 0.1) is 18.6 Å². The van der Waals surface area contributed by atoms with Crippen LogP contribution in [-0.2, 0) is 11.2 Å². The predicted octanol–water partition coefficient (Wildman–Crippen LogP) is 0.0638. The molecule has 0 saturated carbocycles. The highest BCUT2D eigenvalue weighted by molar-refractivity contribution is 5.91. The molecular weight excluding hydrogens is 272 g/mol. The molecule has 114 valence electrons. The Morgan fingerprint density at radius 1 is 1.10 bits per heavy atom. The van der Waals surface area contributed by atoms with Crippen molar-refractivity contribution in [2.24, 2.45) is 0 Å². The fourth-order valence-corrected chi connectivity index (χ4v) is 2.52. The number of piperazine rings is 1. The van der Waals surface area contributed by atoms with Gasteiger partial charge in [-0.25, -0.2) is 4.79 Å². The van der Waals surface area contributed by atoms with Crippen LogP contribution in [-0.4, -0.2) is 71.2 Å². The van der Waals surface area contributed by atoms with Crippen LogP contribution in [0.25, 0.3) is 0 Å². The Labute approximate surface area is 123 Å². The number of nitrogens with zero attached hydrogens (tertiary/aromatic N) is 2. The van der Waals surface area contributed by atoms with Gasteiger partial charge in [-0.2, -0.15) is 0 Å². The van der Waals surface area contributed by atoms with E-state index in [9.17, 15) is 9.59 Å². The van der Waals surface area contributed by atoms with Crippen molar-refractivity contribution < 1.29 is 19.8 Å². The number of aliphatic hydroxyl groups excluding tert-OH is 1. The van der Waals surface area contributed by atoms with Crippen molar-refractivity contribution in [1.82, 2.24) is 9.80 Å². The molecule has 6 heteroatoms. The van der Waals surface area contributed by atoms with Gasteiger partial charge in [-0.1, -0.05) is 18.2 Å². The number of benzene rings is 1. The van der Waals surface area contributed by atoms with Crippen molar-refractivity contribution in [2.45, 2.75) is 6.42 Å². The third-order valence-electron chi connectivity index (χ3n) is 3.73. The summed E-state index contributed by atoms with van der Waals surface area (Å²) >= 11 is 0. The zero-order valence-electron chi connectivity index (χ0n) is 11.9. The first-order chi connectivity index (χ1) is 10.1. The van der Waals surface area contributed by atoms with E-state index < -0.39 is 5.97 Å². The first kappa shape index (κ1) is 15.5. The third kappa shape index (κ3) is 4.03. The number of β-amino-alcohol motifs (C(OH)–C–C–N with tert-alkyl or cyclic N) is 1. The Bertz CT molecular complexity index is 510. The fourth-order valence-electron chi connectivity index (χ4n) is 2.52. The largest absolute Gasteiger partial charge is 0.478 e. The van der Waals surface area contributed by atoms with Gasteiger partial charge in [-0.3, -0.25) is 9.69 Å². The second-order valence-electron chi connectivity index (χ2n) is 5.09. The van der Waals surface area contributed by atoms with E-state index in [-0.39, 0.29) is 24.5 Å². The summed E-state index contributed by atoms with van der Waals surface area (Å²) < 4.78 is 0. The van der Waals surface area contributed by atoms with Gasteiger partial charge in [0.1, 0.15) is 0 Å². The lowest BCUT2D eigenvalue weighted by atomic mass is 10.0. The highest BCUT2D eigenvalue weighted by atomic mass is 16.4. The molecule has 0 atom stereocenters. The van der Waals surface area contributed by atoms with Crippen LogP contribution in [0.15, 0.2) is 24.3 Å². The molecule has 1 aliphatic heterocycles. The zero-order valence-corrected chi connectivity index (χ0v) is 11.9. The first-order valence-electron chi connectivity index (χ1n) is 7.04. The number of amides is 1. The van der Waals surface area contributed by atoms with Gasteiger partial charge in [0.2, 0.25) is 5.91 Å².